The first-order chi connectivity index (χ1) is 14.5. The molecule has 0 unspecified atom stereocenters. The van der Waals surface area contributed by atoms with E-state index in [1.54, 1.807) is 25.5 Å². The molecule has 0 aliphatic carbocycles. The maximum absolute atomic E-state index is 6.25. The van der Waals surface area contributed by atoms with E-state index in [4.69, 9.17) is 37.4 Å². The predicted octanol–water partition coefficient (Wildman–Crippen LogP) is 7.49. The molecule has 0 bridgehead atoms. The van der Waals surface area contributed by atoms with Crippen LogP contribution in [0.5, 0.6) is 17.2 Å². The monoisotopic (exact) mass is 507 g/mol. The molecule has 30 heavy (non-hydrogen) atoms. The third-order valence-corrected chi connectivity index (χ3v) is 5.33. The van der Waals surface area contributed by atoms with Gasteiger partial charge in [0.2, 0.25) is 0 Å². The van der Waals surface area contributed by atoms with E-state index in [1.807, 2.05) is 49.4 Å². The third-order valence-electron chi connectivity index (χ3n) is 4.15. The van der Waals surface area contributed by atoms with Crippen LogP contribution >= 0.6 is 39.1 Å². The molecule has 0 aromatic heterocycles. The van der Waals surface area contributed by atoms with Crippen LogP contribution in [0.15, 0.2) is 64.1 Å². The first-order valence-corrected chi connectivity index (χ1v) is 10.8. The number of hydrogen-bond donors (Lipinski definition) is 0. The van der Waals surface area contributed by atoms with Crippen molar-refractivity contribution in [1.82, 2.24) is 0 Å². The lowest BCUT2D eigenvalue weighted by molar-refractivity contribution is 0.267. The first-order valence-electron chi connectivity index (χ1n) is 9.21. The highest BCUT2D eigenvalue weighted by atomic mass is 79.9. The van der Waals surface area contributed by atoms with Gasteiger partial charge in [-0.15, -0.1) is 0 Å². The normalized spacial score (nSPS) is 11.0. The maximum atomic E-state index is 6.25. The Morgan fingerprint density at radius 1 is 1.00 bits per heavy atom. The Morgan fingerprint density at radius 3 is 2.43 bits per heavy atom. The fourth-order valence-electron chi connectivity index (χ4n) is 2.67. The van der Waals surface area contributed by atoms with Crippen LogP contribution in [0.4, 0.5) is 5.69 Å². The first kappa shape index (κ1) is 22.5. The summed E-state index contributed by atoms with van der Waals surface area (Å²) in [6.45, 7) is 2.71. The standard InChI is InChI=1S/C23H20BrCl2NO3/c1-3-29-22-11-15(13-27-18-6-8-19(28-2)9-7-18)10-20(24)23(22)30-14-16-4-5-17(25)12-21(16)26/h4-13H,3,14H2,1-2H3. The van der Waals surface area contributed by atoms with Gasteiger partial charge in [-0.25, -0.2) is 0 Å². The van der Waals surface area contributed by atoms with Gasteiger partial charge in [-0.2, -0.15) is 0 Å². The van der Waals surface area contributed by atoms with Crippen molar-refractivity contribution >= 4 is 51.0 Å². The molecule has 0 amide bonds. The topological polar surface area (TPSA) is 40.0 Å². The zero-order chi connectivity index (χ0) is 21.5. The minimum atomic E-state index is 0.286. The molecule has 3 aromatic rings. The molecule has 0 spiro atoms. The Hall–Kier alpha value is -2.21. The molecule has 0 atom stereocenters. The van der Waals surface area contributed by atoms with Crippen LogP contribution in [0.3, 0.4) is 0 Å². The predicted molar refractivity (Wildman–Crippen MR) is 126 cm³/mol. The van der Waals surface area contributed by atoms with Crippen LogP contribution in [0.1, 0.15) is 18.1 Å². The highest BCUT2D eigenvalue weighted by Crippen LogP contribution is 2.37. The zero-order valence-corrected chi connectivity index (χ0v) is 19.6. The second kappa shape index (κ2) is 10.7. The van der Waals surface area contributed by atoms with Crippen molar-refractivity contribution < 1.29 is 14.2 Å². The van der Waals surface area contributed by atoms with Gasteiger partial charge >= 0.3 is 0 Å². The Bertz CT molecular complexity index is 1040. The van der Waals surface area contributed by atoms with Gasteiger partial charge in [0.1, 0.15) is 12.4 Å². The molecule has 156 valence electrons. The molecule has 0 aliphatic rings. The molecule has 7 heteroatoms. The summed E-state index contributed by atoms with van der Waals surface area (Å²) >= 11 is 15.8. The summed E-state index contributed by atoms with van der Waals surface area (Å²) in [6.07, 6.45) is 1.77. The summed E-state index contributed by atoms with van der Waals surface area (Å²) < 4.78 is 17.7. The van der Waals surface area contributed by atoms with E-state index in [1.165, 1.54) is 0 Å². The van der Waals surface area contributed by atoms with E-state index in [9.17, 15) is 0 Å². The average Bonchev–Trinajstić information content (AvgIpc) is 2.73. The van der Waals surface area contributed by atoms with Gasteiger partial charge in [0, 0.05) is 21.8 Å². The lowest BCUT2D eigenvalue weighted by Gasteiger charge is -2.15. The van der Waals surface area contributed by atoms with Crippen molar-refractivity contribution in [2.24, 2.45) is 4.99 Å². The van der Waals surface area contributed by atoms with Crippen molar-refractivity contribution in [3.05, 3.63) is 80.2 Å². The number of methoxy groups -OCH3 is 1. The molecule has 0 fully saturated rings. The van der Waals surface area contributed by atoms with E-state index in [0.717, 1.165) is 27.0 Å². The summed E-state index contributed by atoms with van der Waals surface area (Å²) in [5.41, 5.74) is 2.53. The molecule has 0 saturated carbocycles. The van der Waals surface area contributed by atoms with Crippen molar-refractivity contribution in [2.75, 3.05) is 13.7 Å². The highest BCUT2D eigenvalue weighted by Gasteiger charge is 2.13. The van der Waals surface area contributed by atoms with Gasteiger partial charge < -0.3 is 14.2 Å². The van der Waals surface area contributed by atoms with Gasteiger partial charge in [-0.3, -0.25) is 4.99 Å². The van der Waals surface area contributed by atoms with E-state index in [2.05, 4.69) is 20.9 Å². The SMILES string of the molecule is CCOc1cc(C=Nc2ccc(OC)cc2)cc(Br)c1OCc1ccc(Cl)cc1Cl. The number of benzene rings is 3. The molecule has 0 N–H and O–H groups in total. The van der Waals surface area contributed by atoms with Gasteiger partial charge in [0.15, 0.2) is 11.5 Å². The minimum Gasteiger partial charge on any atom is -0.497 e. The molecule has 3 rings (SSSR count). The smallest absolute Gasteiger partial charge is 0.175 e. The zero-order valence-electron chi connectivity index (χ0n) is 16.5. The fourth-order valence-corrected chi connectivity index (χ4v) is 3.71. The Kier molecular flexibility index (Phi) is 8.02. The second-order valence-corrected chi connectivity index (χ2v) is 7.94. The number of halogens is 3. The van der Waals surface area contributed by atoms with Crippen molar-refractivity contribution in [1.29, 1.82) is 0 Å². The van der Waals surface area contributed by atoms with Gasteiger partial charge in [-0.1, -0.05) is 29.3 Å². The molecular weight excluding hydrogens is 489 g/mol. The second-order valence-electron chi connectivity index (χ2n) is 6.24. The number of hydrogen-bond acceptors (Lipinski definition) is 4. The lowest BCUT2D eigenvalue weighted by Crippen LogP contribution is -2.02. The minimum absolute atomic E-state index is 0.286. The van der Waals surface area contributed by atoms with Crippen LogP contribution in [-0.2, 0) is 6.61 Å². The summed E-state index contributed by atoms with van der Waals surface area (Å²) in [4.78, 5) is 4.51. The van der Waals surface area contributed by atoms with E-state index in [0.29, 0.717) is 28.2 Å². The maximum Gasteiger partial charge on any atom is 0.175 e. The third kappa shape index (κ3) is 5.91. The van der Waals surface area contributed by atoms with Gasteiger partial charge in [0.05, 0.1) is 23.9 Å². The quantitative estimate of drug-likeness (QED) is 0.296. The van der Waals surface area contributed by atoms with Crippen LogP contribution in [0.25, 0.3) is 0 Å². The van der Waals surface area contributed by atoms with E-state index >= 15 is 0 Å². The van der Waals surface area contributed by atoms with Gasteiger partial charge in [0.25, 0.3) is 0 Å². The Balaban J connectivity index is 1.81. The molecule has 0 radical (unpaired) electrons. The number of rotatable bonds is 8. The summed E-state index contributed by atoms with van der Waals surface area (Å²) in [5, 5.41) is 1.14. The molecule has 0 heterocycles. The van der Waals surface area contributed by atoms with Crippen LogP contribution in [0.2, 0.25) is 10.0 Å². The summed E-state index contributed by atoms with van der Waals surface area (Å²) in [5.74, 6) is 2.01. The number of ether oxygens (including phenoxy) is 3. The molecule has 0 aliphatic heterocycles. The van der Waals surface area contributed by atoms with Crippen molar-refractivity contribution in [3.8, 4) is 17.2 Å². The Labute approximate surface area is 194 Å². The highest BCUT2D eigenvalue weighted by molar-refractivity contribution is 9.10. The summed E-state index contributed by atoms with van der Waals surface area (Å²) in [7, 11) is 1.63. The molecule has 3 aromatic carbocycles. The molecule has 0 saturated heterocycles. The largest absolute Gasteiger partial charge is 0.497 e. The fraction of sp³-hybridized carbons (Fsp3) is 0.174. The van der Waals surface area contributed by atoms with Crippen molar-refractivity contribution in [2.45, 2.75) is 13.5 Å². The van der Waals surface area contributed by atoms with E-state index in [-0.39, 0.29) is 6.61 Å². The average molecular weight is 509 g/mol. The Morgan fingerprint density at radius 2 is 1.77 bits per heavy atom. The number of aliphatic imine (C=N–C) groups is 1. The molecular formula is C23H20BrCl2NO3. The van der Waals surface area contributed by atoms with Crippen LogP contribution < -0.4 is 14.2 Å². The van der Waals surface area contributed by atoms with Crippen LogP contribution in [0, 0.1) is 0 Å². The van der Waals surface area contributed by atoms with Gasteiger partial charge in [-0.05, 0) is 76.9 Å². The molecule has 4 nitrogen and oxygen atoms in total. The van der Waals surface area contributed by atoms with Crippen molar-refractivity contribution in [3.63, 3.8) is 0 Å². The van der Waals surface area contributed by atoms with Crippen LogP contribution in [-0.4, -0.2) is 19.9 Å². The number of nitrogens with zero attached hydrogens (tertiary/aromatic N) is 1. The summed E-state index contributed by atoms with van der Waals surface area (Å²) in [6, 6.07) is 16.6. The van der Waals surface area contributed by atoms with E-state index < -0.39 is 0 Å². The lowest BCUT2D eigenvalue weighted by atomic mass is 10.2.